The maximum atomic E-state index is 11.3. The van der Waals surface area contributed by atoms with Crippen molar-refractivity contribution in [1.82, 2.24) is 9.80 Å². The lowest BCUT2D eigenvalue weighted by Crippen LogP contribution is -2.35. The van der Waals surface area contributed by atoms with E-state index in [9.17, 15) is 9.90 Å². The Labute approximate surface area is 110 Å². The summed E-state index contributed by atoms with van der Waals surface area (Å²) in [6.07, 6.45) is 5.45. The fourth-order valence-electron chi connectivity index (χ4n) is 3.29. The van der Waals surface area contributed by atoms with Gasteiger partial charge >= 0.3 is 5.97 Å². The predicted octanol–water partition coefficient (Wildman–Crippen LogP) is 1.66. The lowest BCUT2D eigenvalue weighted by Gasteiger charge is -2.23. The van der Waals surface area contributed by atoms with E-state index in [1.807, 2.05) is 6.92 Å². The van der Waals surface area contributed by atoms with Gasteiger partial charge in [0, 0.05) is 6.54 Å². The van der Waals surface area contributed by atoms with Crippen molar-refractivity contribution in [2.45, 2.75) is 39.0 Å². The van der Waals surface area contributed by atoms with Gasteiger partial charge in [-0.15, -0.1) is 0 Å². The molecule has 2 aliphatic rings. The molecule has 0 bridgehead atoms. The molecule has 0 aromatic carbocycles. The number of hydrogen-bond acceptors (Lipinski definition) is 3. The van der Waals surface area contributed by atoms with Crippen molar-refractivity contribution < 1.29 is 9.90 Å². The highest BCUT2D eigenvalue weighted by molar-refractivity contribution is 5.75. The number of rotatable bonds is 6. The Morgan fingerprint density at radius 1 is 1.17 bits per heavy atom. The first-order valence-electron chi connectivity index (χ1n) is 7.34. The van der Waals surface area contributed by atoms with Crippen molar-refractivity contribution in [3.05, 3.63) is 0 Å². The molecule has 0 spiro atoms. The molecule has 0 aliphatic carbocycles. The van der Waals surface area contributed by atoms with E-state index >= 15 is 0 Å². The van der Waals surface area contributed by atoms with Crippen LogP contribution >= 0.6 is 0 Å². The molecule has 4 heteroatoms. The standard InChI is InChI=1S/C14H26N2O2/c1-2-14(13(17)18)6-11-16(12-14)10-5-9-15-7-3-4-8-15/h2-12H2,1H3,(H,17,18). The van der Waals surface area contributed by atoms with E-state index in [-0.39, 0.29) is 0 Å². The summed E-state index contributed by atoms with van der Waals surface area (Å²) >= 11 is 0. The van der Waals surface area contributed by atoms with Gasteiger partial charge in [-0.3, -0.25) is 4.79 Å². The van der Waals surface area contributed by atoms with E-state index in [0.717, 1.165) is 32.5 Å². The van der Waals surface area contributed by atoms with Gasteiger partial charge in [-0.05, 0) is 64.8 Å². The van der Waals surface area contributed by atoms with Crippen molar-refractivity contribution in [3.8, 4) is 0 Å². The molecule has 1 N–H and O–H groups in total. The van der Waals surface area contributed by atoms with Gasteiger partial charge in [0.1, 0.15) is 0 Å². The Morgan fingerprint density at radius 3 is 2.39 bits per heavy atom. The van der Waals surface area contributed by atoms with E-state index in [1.165, 1.54) is 38.9 Å². The van der Waals surface area contributed by atoms with Crippen LogP contribution in [0.3, 0.4) is 0 Å². The Balaban J connectivity index is 1.70. The number of carboxylic acids is 1. The SMILES string of the molecule is CCC1(C(=O)O)CCN(CCCN2CCCC2)C1. The van der Waals surface area contributed by atoms with Gasteiger partial charge in [-0.1, -0.05) is 6.92 Å². The Morgan fingerprint density at radius 2 is 1.83 bits per heavy atom. The van der Waals surface area contributed by atoms with E-state index in [0.29, 0.717) is 0 Å². The Hall–Kier alpha value is -0.610. The van der Waals surface area contributed by atoms with Crippen LogP contribution in [0.25, 0.3) is 0 Å². The van der Waals surface area contributed by atoms with Crippen LogP contribution in [-0.4, -0.2) is 60.1 Å². The zero-order valence-electron chi connectivity index (χ0n) is 11.5. The van der Waals surface area contributed by atoms with Gasteiger partial charge in [0.05, 0.1) is 5.41 Å². The largest absolute Gasteiger partial charge is 0.481 e. The predicted molar refractivity (Wildman–Crippen MR) is 71.7 cm³/mol. The maximum absolute atomic E-state index is 11.3. The molecule has 0 aromatic rings. The third kappa shape index (κ3) is 3.04. The van der Waals surface area contributed by atoms with Crippen molar-refractivity contribution in [2.24, 2.45) is 5.41 Å². The summed E-state index contributed by atoms with van der Waals surface area (Å²) in [6, 6.07) is 0. The van der Waals surface area contributed by atoms with Crippen molar-refractivity contribution in [3.63, 3.8) is 0 Å². The molecule has 2 aliphatic heterocycles. The lowest BCUT2D eigenvalue weighted by molar-refractivity contribution is -0.148. The van der Waals surface area contributed by atoms with Crippen molar-refractivity contribution in [1.29, 1.82) is 0 Å². The highest BCUT2D eigenvalue weighted by atomic mass is 16.4. The minimum atomic E-state index is -0.605. The summed E-state index contributed by atoms with van der Waals surface area (Å²) < 4.78 is 0. The summed E-state index contributed by atoms with van der Waals surface area (Å²) in [5.74, 6) is -0.605. The second-order valence-corrected chi connectivity index (χ2v) is 5.87. The zero-order valence-corrected chi connectivity index (χ0v) is 11.5. The molecular weight excluding hydrogens is 228 g/mol. The summed E-state index contributed by atoms with van der Waals surface area (Å²) in [5, 5.41) is 9.34. The Kier molecular flexibility index (Phi) is 4.62. The average Bonchev–Trinajstić information content (AvgIpc) is 2.98. The molecular formula is C14H26N2O2. The molecule has 2 heterocycles. The summed E-state index contributed by atoms with van der Waals surface area (Å²) in [5.41, 5.74) is -0.465. The smallest absolute Gasteiger partial charge is 0.310 e. The third-order valence-corrected chi connectivity index (χ3v) is 4.71. The summed E-state index contributed by atoms with van der Waals surface area (Å²) in [7, 11) is 0. The fourth-order valence-corrected chi connectivity index (χ4v) is 3.29. The van der Waals surface area contributed by atoms with Gasteiger partial charge < -0.3 is 14.9 Å². The van der Waals surface area contributed by atoms with E-state index in [2.05, 4.69) is 9.80 Å². The summed E-state index contributed by atoms with van der Waals surface area (Å²) in [6.45, 7) is 8.47. The van der Waals surface area contributed by atoms with Gasteiger partial charge in [-0.25, -0.2) is 0 Å². The van der Waals surface area contributed by atoms with E-state index < -0.39 is 11.4 Å². The molecule has 104 valence electrons. The number of nitrogens with zero attached hydrogens (tertiary/aromatic N) is 2. The molecule has 2 fully saturated rings. The maximum Gasteiger partial charge on any atom is 0.310 e. The Bertz CT molecular complexity index is 290. The molecule has 4 nitrogen and oxygen atoms in total. The van der Waals surface area contributed by atoms with Crippen molar-refractivity contribution in [2.75, 3.05) is 39.3 Å². The van der Waals surface area contributed by atoms with E-state index in [4.69, 9.17) is 0 Å². The number of carbonyl (C=O) groups is 1. The molecule has 2 rings (SSSR count). The highest BCUT2D eigenvalue weighted by Crippen LogP contribution is 2.34. The number of aliphatic carboxylic acids is 1. The van der Waals surface area contributed by atoms with E-state index in [1.54, 1.807) is 0 Å². The zero-order chi connectivity index (χ0) is 13.0. The van der Waals surface area contributed by atoms with Crippen LogP contribution in [-0.2, 0) is 4.79 Å². The quantitative estimate of drug-likeness (QED) is 0.783. The van der Waals surface area contributed by atoms with Gasteiger partial charge in [0.15, 0.2) is 0 Å². The van der Waals surface area contributed by atoms with Gasteiger partial charge in [0.25, 0.3) is 0 Å². The third-order valence-electron chi connectivity index (χ3n) is 4.71. The van der Waals surface area contributed by atoms with Crippen molar-refractivity contribution >= 4 is 5.97 Å². The first-order valence-corrected chi connectivity index (χ1v) is 7.34. The van der Waals surface area contributed by atoms with Crippen LogP contribution in [0.4, 0.5) is 0 Å². The molecule has 18 heavy (non-hydrogen) atoms. The monoisotopic (exact) mass is 254 g/mol. The first kappa shape index (κ1) is 13.8. The van der Waals surface area contributed by atoms with Crippen LogP contribution in [0.2, 0.25) is 0 Å². The second-order valence-electron chi connectivity index (χ2n) is 5.87. The molecule has 1 unspecified atom stereocenters. The van der Waals surface area contributed by atoms with Crippen LogP contribution in [0.5, 0.6) is 0 Å². The van der Waals surface area contributed by atoms with Crippen LogP contribution < -0.4 is 0 Å². The first-order chi connectivity index (χ1) is 8.66. The molecule has 0 saturated carbocycles. The topological polar surface area (TPSA) is 43.8 Å². The highest BCUT2D eigenvalue weighted by Gasteiger charge is 2.42. The number of hydrogen-bond donors (Lipinski definition) is 1. The average molecular weight is 254 g/mol. The number of likely N-dealkylation sites (tertiary alicyclic amines) is 2. The minimum absolute atomic E-state index is 0.465. The molecule has 0 aromatic heterocycles. The summed E-state index contributed by atoms with van der Waals surface area (Å²) in [4.78, 5) is 16.2. The normalized spacial score (nSPS) is 30.1. The minimum Gasteiger partial charge on any atom is -0.481 e. The van der Waals surface area contributed by atoms with Gasteiger partial charge in [0.2, 0.25) is 0 Å². The molecule has 0 radical (unpaired) electrons. The van der Waals surface area contributed by atoms with Crippen LogP contribution in [0, 0.1) is 5.41 Å². The number of carboxylic acid groups (broad SMARTS) is 1. The second kappa shape index (κ2) is 6.02. The molecule has 0 amide bonds. The lowest BCUT2D eigenvalue weighted by atomic mass is 9.84. The molecule has 2 saturated heterocycles. The fraction of sp³-hybridized carbons (Fsp3) is 0.929. The van der Waals surface area contributed by atoms with Crippen LogP contribution in [0.1, 0.15) is 39.0 Å². The van der Waals surface area contributed by atoms with Gasteiger partial charge in [-0.2, -0.15) is 0 Å². The van der Waals surface area contributed by atoms with Crippen LogP contribution in [0.15, 0.2) is 0 Å². The molecule has 1 atom stereocenters.